The van der Waals surface area contributed by atoms with Crippen LogP contribution in [0.25, 0.3) is 20.4 Å². The molecule has 0 radical (unpaired) electrons. The fraction of sp³-hybridized carbons (Fsp3) is 0.240. The smallest absolute Gasteiger partial charge is 0.267 e. The summed E-state index contributed by atoms with van der Waals surface area (Å²) >= 11 is 2.89. The van der Waals surface area contributed by atoms with Gasteiger partial charge in [-0.2, -0.15) is 0 Å². The molecule has 5 heterocycles. The SMILES string of the molecule is Cc1nc(N2CCN(c3ccccn3)CC2)c2c(C)c(C(=O)Nc3nc4ccccc4s3)sc2n1. The van der Waals surface area contributed by atoms with Gasteiger partial charge in [-0.1, -0.05) is 29.5 Å². The predicted molar refractivity (Wildman–Crippen MR) is 143 cm³/mol. The highest BCUT2D eigenvalue weighted by Gasteiger charge is 2.26. The number of amides is 1. The number of hydrogen-bond acceptors (Lipinski definition) is 9. The van der Waals surface area contributed by atoms with Crippen molar-refractivity contribution in [2.75, 3.05) is 41.3 Å². The maximum absolute atomic E-state index is 13.2. The van der Waals surface area contributed by atoms with Gasteiger partial charge in [0, 0.05) is 32.4 Å². The number of anilines is 3. The number of pyridine rings is 1. The van der Waals surface area contributed by atoms with E-state index in [4.69, 9.17) is 4.98 Å². The van der Waals surface area contributed by atoms with E-state index in [1.807, 2.05) is 62.5 Å². The molecule has 10 heteroatoms. The van der Waals surface area contributed by atoms with Gasteiger partial charge in [0.25, 0.3) is 5.91 Å². The standard InChI is InChI=1S/C25H23N7OS2/c1-15-20-22(32-13-11-31(12-14-32)19-9-5-6-10-26-19)27-16(2)28-24(20)35-21(15)23(33)30-25-29-17-7-3-4-8-18(17)34-25/h3-10H,11-14H2,1-2H3,(H,29,30,33). The van der Waals surface area contributed by atoms with Gasteiger partial charge in [0.15, 0.2) is 5.13 Å². The largest absolute Gasteiger partial charge is 0.353 e. The Labute approximate surface area is 210 Å². The first-order valence-corrected chi connectivity index (χ1v) is 13.1. The van der Waals surface area contributed by atoms with Crippen LogP contribution in [0.15, 0.2) is 48.7 Å². The second-order valence-corrected chi connectivity index (χ2v) is 10.5. The van der Waals surface area contributed by atoms with Crippen molar-refractivity contribution in [3.8, 4) is 0 Å². The van der Waals surface area contributed by atoms with Gasteiger partial charge in [-0.05, 0) is 43.7 Å². The van der Waals surface area contributed by atoms with Gasteiger partial charge in [0.2, 0.25) is 0 Å². The highest BCUT2D eigenvalue weighted by molar-refractivity contribution is 7.23. The van der Waals surface area contributed by atoms with Crippen LogP contribution in [-0.2, 0) is 0 Å². The van der Waals surface area contributed by atoms with E-state index in [9.17, 15) is 4.79 Å². The molecule has 1 amide bonds. The number of para-hydroxylation sites is 1. The minimum Gasteiger partial charge on any atom is -0.353 e. The van der Waals surface area contributed by atoms with Crippen molar-refractivity contribution in [3.63, 3.8) is 0 Å². The molecule has 8 nitrogen and oxygen atoms in total. The summed E-state index contributed by atoms with van der Waals surface area (Å²) in [6, 6.07) is 13.9. The van der Waals surface area contributed by atoms with Gasteiger partial charge in [-0.15, -0.1) is 11.3 Å². The average molecular weight is 502 g/mol. The van der Waals surface area contributed by atoms with Crippen LogP contribution in [0.5, 0.6) is 0 Å². The molecule has 0 saturated carbocycles. The molecule has 0 atom stereocenters. The molecule has 6 rings (SSSR count). The molecule has 1 aliphatic heterocycles. The second kappa shape index (κ2) is 8.86. The van der Waals surface area contributed by atoms with E-state index >= 15 is 0 Å². The molecule has 0 aliphatic carbocycles. The van der Waals surface area contributed by atoms with Crippen molar-refractivity contribution in [1.82, 2.24) is 19.9 Å². The number of piperazine rings is 1. The van der Waals surface area contributed by atoms with E-state index in [0.717, 1.165) is 63.8 Å². The van der Waals surface area contributed by atoms with E-state index < -0.39 is 0 Å². The van der Waals surface area contributed by atoms with E-state index in [0.29, 0.717) is 15.8 Å². The third kappa shape index (κ3) is 4.08. The number of carbonyl (C=O) groups is 1. The monoisotopic (exact) mass is 501 g/mol. The molecule has 176 valence electrons. The lowest BCUT2D eigenvalue weighted by Gasteiger charge is -2.36. The molecule has 1 fully saturated rings. The molecule has 5 aromatic rings. The molecular formula is C25H23N7OS2. The Morgan fingerprint density at radius 2 is 1.69 bits per heavy atom. The van der Waals surface area contributed by atoms with Crippen LogP contribution in [0, 0.1) is 13.8 Å². The molecule has 35 heavy (non-hydrogen) atoms. The van der Waals surface area contributed by atoms with E-state index in [2.05, 4.69) is 30.1 Å². The van der Waals surface area contributed by atoms with Crippen LogP contribution in [-0.4, -0.2) is 52.0 Å². The number of carbonyl (C=O) groups excluding carboxylic acids is 1. The first-order valence-electron chi connectivity index (χ1n) is 11.4. The highest BCUT2D eigenvalue weighted by atomic mass is 32.1. The quantitative estimate of drug-likeness (QED) is 0.375. The highest BCUT2D eigenvalue weighted by Crippen LogP contribution is 2.37. The lowest BCUT2D eigenvalue weighted by atomic mass is 10.1. The molecule has 0 bridgehead atoms. The zero-order valence-electron chi connectivity index (χ0n) is 19.4. The summed E-state index contributed by atoms with van der Waals surface area (Å²) in [7, 11) is 0. The summed E-state index contributed by atoms with van der Waals surface area (Å²) < 4.78 is 1.05. The first kappa shape index (κ1) is 21.9. The Bertz CT molecular complexity index is 1510. The normalized spacial score (nSPS) is 14.1. The van der Waals surface area contributed by atoms with Crippen LogP contribution < -0.4 is 15.1 Å². The predicted octanol–water partition coefficient (Wildman–Crippen LogP) is 4.89. The third-order valence-corrected chi connectivity index (χ3v) is 8.29. The molecular weight excluding hydrogens is 478 g/mol. The lowest BCUT2D eigenvalue weighted by Crippen LogP contribution is -2.47. The summed E-state index contributed by atoms with van der Waals surface area (Å²) in [6.07, 6.45) is 1.83. The minimum absolute atomic E-state index is 0.159. The van der Waals surface area contributed by atoms with Crippen molar-refractivity contribution in [2.24, 2.45) is 0 Å². The Hall–Kier alpha value is -3.63. The average Bonchev–Trinajstić information content (AvgIpc) is 3.44. The van der Waals surface area contributed by atoms with Gasteiger partial charge in [0.1, 0.15) is 22.3 Å². The summed E-state index contributed by atoms with van der Waals surface area (Å²) in [6.45, 7) is 7.25. The van der Waals surface area contributed by atoms with Crippen molar-refractivity contribution in [3.05, 3.63) is 64.9 Å². The Balaban J connectivity index is 1.28. The fourth-order valence-electron chi connectivity index (χ4n) is 4.43. The van der Waals surface area contributed by atoms with Crippen LogP contribution in [0.1, 0.15) is 21.1 Å². The summed E-state index contributed by atoms with van der Waals surface area (Å²) in [5.41, 5.74) is 1.79. The summed E-state index contributed by atoms with van der Waals surface area (Å²) in [5.74, 6) is 2.45. The Morgan fingerprint density at radius 1 is 0.914 bits per heavy atom. The van der Waals surface area contributed by atoms with Gasteiger partial charge in [-0.3, -0.25) is 10.1 Å². The number of aryl methyl sites for hydroxylation is 2. The summed E-state index contributed by atoms with van der Waals surface area (Å²) in [4.78, 5) is 37.8. The van der Waals surface area contributed by atoms with E-state index in [1.165, 1.54) is 22.7 Å². The third-order valence-electron chi connectivity index (χ3n) is 6.16. The number of nitrogens with one attached hydrogen (secondary N) is 1. The number of hydrogen-bond donors (Lipinski definition) is 1. The van der Waals surface area contributed by atoms with Gasteiger partial charge < -0.3 is 9.80 Å². The maximum Gasteiger partial charge on any atom is 0.267 e. The number of nitrogens with zero attached hydrogens (tertiary/aromatic N) is 6. The number of fused-ring (bicyclic) bond motifs is 2. The van der Waals surface area contributed by atoms with Crippen molar-refractivity contribution >= 4 is 65.8 Å². The molecule has 0 unspecified atom stereocenters. The van der Waals surface area contributed by atoms with Gasteiger partial charge in [0.05, 0.1) is 20.5 Å². The summed E-state index contributed by atoms with van der Waals surface area (Å²) in [5, 5.41) is 4.55. The van der Waals surface area contributed by atoms with Crippen molar-refractivity contribution < 1.29 is 4.79 Å². The van der Waals surface area contributed by atoms with Crippen LogP contribution in [0.4, 0.5) is 16.8 Å². The van der Waals surface area contributed by atoms with Crippen LogP contribution in [0.2, 0.25) is 0 Å². The van der Waals surface area contributed by atoms with Crippen LogP contribution in [0.3, 0.4) is 0 Å². The topological polar surface area (TPSA) is 87.1 Å². The van der Waals surface area contributed by atoms with Gasteiger partial charge in [-0.25, -0.2) is 19.9 Å². The van der Waals surface area contributed by atoms with Crippen molar-refractivity contribution in [2.45, 2.75) is 13.8 Å². The zero-order chi connectivity index (χ0) is 23.9. The molecule has 4 aromatic heterocycles. The Morgan fingerprint density at radius 3 is 2.46 bits per heavy atom. The first-order chi connectivity index (χ1) is 17.1. The number of thiophene rings is 1. The lowest BCUT2D eigenvalue weighted by molar-refractivity contribution is 0.103. The Kier molecular flexibility index (Phi) is 5.54. The van der Waals surface area contributed by atoms with E-state index in [1.54, 1.807) is 0 Å². The second-order valence-electron chi connectivity index (χ2n) is 8.43. The number of thiazole rings is 1. The molecule has 1 aliphatic rings. The van der Waals surface area contributed by atoms with E-state index in [-0.39, 0.29) is 5.91 Å². The fourth-order valence-corrected chi connectivity index (χ4v) is 6.41. The molecule has 0 spiro atoms. The maximum atomic E-state index is 13.2. The number of rotatable bonds is 4. The number of benzene rings is 1. The molecule has 1 aromatic carbocycles. The van der Waals surface area contributed by atoms with Crippen LogP contribution >= 0.6 is 22.7 Å². The zero-order valence-corrected chi connectivity index (χ0v) is 21.0. The van der Waals surface area contributed by atoms with Crippen molar-refractivity contribution in [1.29, 1.82) is 0 Å². The molecule has 1 saturated heterocycles. The molecule has 1 N–H and O–H groups in total. The number of aromatic nitrogens is 4. The minimum atomic E-state index is -0.159. The van der Waals surface area contributed by atoms with Gasteiger partial charge >= 0.3 is 0 Å².